The minimum absolute atomic E-state index is 0.0737. The summed E-state index contributed by atoms with van der Waals surface area (Å²) in [6.45, 7) is 2.25. The van der Waals surface area contributed by atoms with Crippen LogP contribution in [0.3, 0.4) is 0 Å². The molecule has 0 spiro atoms. The first kappa shape index (κ1) is 22.4. The van der Waals surface area contributed by atoms with E-state index in [0.29, 0.717) is 30.8 Å². The SMILES string of the molecule is CCCS(=O)(=O)N1CCCc2ccc(NS(=O)(=O)CCc3ccc(OC)cc3)cc21. The summed E-state index contributed by atoms with van der Waals surface area (Å²) in [5.41, 5.74) is 2.76. The number of nitrogens with one attached hydrogen (secondary N) is 1. The summed E-state index contributed by atoms with van der Waals surface area (Å²) in [5.74, 6) is 0.717. The smallest absolute Gasteiger partial charge is 0.235 e. The van der Waals surface area contributed by atoms with Gasteiger partial charge in [-0.05, 0) is 61.1 Å². The summed E-state index contributed by atoms with van der Waals surface area (Å²) in [7, 11) is -5.42. The molecule has 0 saturated heterocycles. The molecule has 3 rings (SSSR count). The van der Waals surface area contributed by atoms with E-state index < -0.39 is 20.0 Å². The highest BCUT2D eigenvalue weighted by atomic mass is 32.2. The molecule has 0 unspecified atom stereocenters. The first-order valence-corrected chi connectivity index (χ1v) is 13.3. The molecule has 0 atom stereocenters. The number of aryl methyl sites for hydroxylation is 2. The van der Waals surface area contributed by atoms with Gasteiger partial charge in [0, 0.05) is 6.54 Å². The molecule has 1 heterocycles. The van der Waals surface area contributed by atoms with Gasteiger partial charge in [0.2, 0.25) is 20.0 Å². The standard InChI is InChI=1S/C21H28N2O5S2/c1-3-14-30(26,27)23-13-4-5-18-8-9-19(16-21(18)23)22-29(24,25)15-12-17-6-10-20(28-2)11-7-17/h6-11,16,22H,3-5,12-15H2,1-2H3. The van der Waals surface area contributed by atoms with Crippen molar-refractivity contribution in [3.63, 3.8) is 0 Å². The number of anilines is 2. The van der Waals surface area contributed by atoms with Gasteiger partial charge in [0.15, 0.2) is 0 Å². The quantitative estimate of drug-likeness (QED) is 0.631. The summed E-state index contributed by atoms with van der Waals surface area (Å²) in [6.07, 6.45) is 2.42. The molecule has 2 aromatic rings. The maximum absolute atomic E-state index is 12.6. The summed E-state index contributed by atoms with van der Waals surface area (Å²) in [5, 5.41) is 0. The van der Waals surface area contributed by atoms with Crippen LogP contribution in [0, 0.1) is 0 Å². The molecular formula is C21H28N2O5S2. The Morgan fingerprint density at radius 2 is 1.77 bits per heavy atom. The number of benzene rings is 2. The largest absolute Gasteiger partial charge is 0.497 e. The zero-order chi connectivity index (χ0) is 21.8. The van der Waals surface area contributed by atoms with Crippen molar-refractivity contribution in [3.8, 4) is 5.75 Å². The average molecular weight is 453 g/mol. The van der Waals surface area contributed by atoms with Gasteiger partial charge in [0.1, 0.15) is 5.75 Å². The Labute approximate surface area is 179 Å². The van der Waals surface area contributed by atoms with Crippen LogP contribution in [0.2, 0.25) is 0 Å². The van der Waals surface area contributed by atoms with Crippen molar-refractivity contribution in [2.24, 2.45) is 0 Å². The third kappa shape index (κ3) is 5.46. The number of sulfonamides is 2. The van der Waals surface area contributed by atoms with Crippen LogP contribution in [0.25, 0.3) is 0 Å². The van der Waals surface area contributed by atoms with E-state index in [-0.39, 0.29) is 11.5 Å². The molecule has 0 saturated carbocycles. The summed E-state index contributed by atoms with van der Waals surface area (Å²) < 4.78 is 59.5. The molecule has 0 bridgehead atoms. The Bertz CT molecular complexity index is 1080. The average Bonchev–Trinajstić information content (AvgIpc) is 2.72. The van der Waals surface area contributed by atoms with Crippen LogP contribution >= 0.6 is 0 Å². The van der Waals surface area contributed by atoms with E-state index in [1.54, 1.807) is 31.4 Å². The highest BCUT2D eigenvalue weighted by Crippen LogP contribution is 2.32. The van der Waals surface area contributed by atoms with Gasteiger partial charge in [-0.3, -0.25) is 9.03 Å². The van der Waals surface area contributed by atoms with Crippen LogP contribution < -0.4 is 13.8 Å². The van der Waals surface area contributed by atoms with Gasteiger partial charge < -0.3 is 4.74 Å². The minimum atomic E-state index is -3.59. The van der Waals surface area contributed by atoms with Crippen molar-refractivity contribution < 1.29 is 21.6 Å². The van der Waals surface area contributed by atoms with Crippen LogP contribution in [0.4, 0.5) is 11.4 Å². The molecule has 2 aromatic carbocycles. The fourth-order valence-corrected chi connectivity index (χ4v) is 6.24. The monoisotopic (exact) mass is 452 g/mol. The molecule has 0 aromatic heterocycles. The number of hydrogen-bond acceptors (Lipinski definition) is 5. The van der Waals surface area contributed by atoms with E-state index in [1.165, 1.54) is 4.31 Å². The predicted octanol–water partition coefficient (Wildman–Crippen LogP) is 3.17. The molecule has 0 radical (unpaired) electrons. The maximum Gasteiger partial charge on any atom is 0.235 e. The van der Waals surface area contributed by atoms with Crippen molar-refractivity contribution in [2.75, 3.05) is 34.2 Å². The predicted molar refractivity (Wildman–Crippen MR) is 120 cm³/mol. The third-order valence-corrected chi connectivity index (χ3v) is 8.31. The minimum Gasteiger partial charge on any atom is -0.497 e. The number of fused-ring (bicyclic) bond motifs is 1. The number of nitrogens with zero attached hydrogens (tertiary/aromatic N) is 1. The molecule has 1 aliphatic heterocycles. The Hall–Kier alpha value is -2.26. The van der Waals surface area contributed by atoms with Gasteiger partial charge >= 0.3 is 0 Å². The summed E-state index contributed by atoms with van der Waals surface area (Å²) in [4.78, 5) is 0. The molecule has 0 amide bonds. The van der Waals surface area contributed by atoms with E-state index in [2.05, 4.69) is 4.72 Å². The lowest BCUT2D eigenvalue weighted by Gasteiger charge is -2.31. The van der Waals surface area contributed by atoms with Crippen LogP contribution in [-0.4, -0.2) is 42.0 Å². The third-order valence-electron chi connectivity index (χ3n) is 5.05. The highest BCUT2D eigenvalue weighted by molar-refractivity contribution is 7.93. The topological polar surface area (TPSA) is 92.8 Å². The van der Waals surface area contributed by atoms with Crippen LogP contribution in [0.15, 0.2) is 42.5 Å². The molecule has 1 aliphatic rings. The first-order valence-electron chi connectivity index (χ1n) is 10.0. The Morgan fingerprint density at radius 3 is 2.43 bits per heavy atom. The van der Waals surface area contributed by atoms with Gasteiger partial charge in [-0.2, -0.15) is 0 Å². The zero-order valence-corrected chi connectivity index (χ0v) is 18.9. The van der Waals surface area contributed by atoms with E-state index in [1.807, 2.05) is 25.1 Å². The lowest BCUT2D eigenvalue weighted by atomic mass is 10.0. The highest BCUT2D eigenvalue weighted by Gasteiger charge is 2.27. The second kappa shape index (κ2) is 9.26. The summed E-state index contributed by atoms with van der Waals surface area (Å²) in [6, 6.07) is 12.4. The van der Waals surface area contributed by atoms with Gasteiger partial charge in [0.25, 0.3) is 0 Å². The molecule has 9 heteroatoms. The van der Waals surface area contributed by atoms with Gasteiger partial charge in [-0.15, -0.1) is 0 Å². The first-order chi connectivity index (χ1) is 14.2. The van der Waals surface area contributed by atoms with Crippen molar-refractivity contribution in [1.29, 1.82) is 0 Å². The van der Waals surface area contributed by atoms with E-state index >= 15 is 0 Å². The molecule has 30 heavy (non-hydrogen) atoms. The molecule has 0 fully saturated rings. The van der Waals surface area contributed by atoms with E-state index in [0.717, 1.165) is 29.7 Å². The Kier molecular flexibility index (Phi) is 6.92. The van der Waals surface area contributed by atoms with Crippen molar-refractivity contribution in [2.45, 2.75) is 32.6 Å². The lowest BCUT2D eigenvalue weighted by Crippen LogP contribution is -2.37. The molecule has 0 aliphatic carbocycles. The molecule has 7 nitrogen and oxygen atoms in total. The zero-order valence-electron chi connectivity index (χ0n) is 17.3. The van der Waals surface area contributed by atoms with Crippen LogP contribution in [-0.2, 0) is 32.9 Å². The van der Waals surface area contributed by atoms with Gasteiger partial charge in [0.05, 0.1) is 30.0 Å². The molecule has 164 valence electrons. The molecular weight excluding hydrogens is 424 g/mol. The van der Waals surface area contributed by atoms with Gasteiger partial charge in [-0.1, -0.05) is 25.1 Å². The van der Waals surface area contributed by atoms with Crippen molar-refractivity contribution >= 4 is 31.4 Å². The fourth-order valence-electron chi connectivity index (χ4n) is 3.54. The second-order valence-corrected chi connectivity index (χ2v) is 11.2. The summed E-state index contributed by atoms with van der Waals surface area (Å²) >= 11 is 0. The van der Waals surface area contributed by atoms with Gasteiger partial charge in [-0.25, -0.2) is 16.8 Å². The fraction of sp³-hybridized carbons (Fsp3) is 0.429. The number of methoxy groups -OCH3 is 1. The second-order valence-electron chi connectivity index (χ2n) is 7.35. The number of rotatable bonds is 9. The van der Waals surface area contributed by atoms with Crippen molar-refractivity contribution in [1.82, 2.24) is 0 Å². The Balaban J connectivity index is 1.74. The Morgan fingerprint density at radius 1 is 1.03 bits per heavy atom. The van der Waals surface area contributed by atoms with Crippen LogP contribution in [0.1, 0.15) is 30.9 Å². The van der Waals surface area contributed by atoms with Crippen molar-refractivity contribution in [3.05, 3.63) is 53.6 Å². The van der Waals surface area contributed by atoms with E-state index in [9.17, 15) is 16.8 Å². The normalized spacial score (nSPS) is 14.3. The number of hydrogen-bond donors (Lipinski definition) is 1. The molecule has 1 N–H and O–H groups in total. The van der Waals surface area contributed by atoms with Crippen LogP contribution in [0.5, 0.6) is 5.75 Å². The lowest BCUT2D eigenvalue weighted by molar-refractivity contribution is 0.414. The van der Waals surface area contributed by atoms with E-state index in [4.69, 9.17) is 4.74 Å². The number of ether oxygens (including phenoxy) is 1. The maximum atomic E-state index is 12.6.